The maximum Gasteiger partial charge on any atom is 0.271 e. The topological polar surface area (TPSA) is 128 Å². The normalized spacial score (nSPS) is 10.8. The van der Waals surface area contributed by atoms with E-state index in [1.807, 2.05) is 48.7 Å². The molecule has 4 rings (SSSR count). The maximum absolute atomic E-state index is 12.5. The average Bonchev–Trinajstić information content (AvgIpc) is 3.38. The van der Waals surface area contributed by atoms with Crippen LogP contribution in [0.5, 0.6) is 11.5 Å². The lowest BCUT2D eigenvalue weighted by molar-refractivity contribution is -0.119. The first kappa shape index (κ1) is 26.6. The third-order valence-corrected chi connectivity index (χ3v) is 6.07. The van der Waals surface area contributed by atoms with E-state index in [0.717, 1.165) is 22.1 Å². The van der Waals surface area contributed by atoms with Gasteiger partial charge in [-0.3, -0.25) is 9.59 Å². The summed E-state index contributed by atoms with van der Waals surface area (Å²) in [6, 6.07) is 19.5. The molecule has 11 heteroatoms. The van der Waals surface area contributed by atoms with Crippen molar-refractivity contribution in [2.75, 3.05) is 18.5 Å². The number of primary amides is 1. The van der Waals surface area contributed by atoms with Gasteiger partial charge in [0.1, 0.15) is 0 Å². The van der Waals surface area contributed by atoms with E-state index in [4.69, 9.17) is 26.8 Å². The number of rotatable bonds is 11. The van der Waals surface area contributed by atoms with E-state index in [0.29, 0.717) is 34.3 Å². The molecule has 0 aliphatic heterocycles. The van der Waals surface area contributed by atoms with Gasteiger partial charge in [0.25, 0.3) is 11.8 Å². The largest absolute Gasteiger partial charge is 0.490 e. The number of hydrogen-bond acceptors (Lipinski definition) is 8. The Morgan fingerprint density at radius 1 is 1.05 bits per heavy atom. The number of carbonyl (C=O) groups excluding carboxylic acids is 2. The maximum atomic E-state index is 12.5. The van der Waals surface area contributed by atoms with Crippen LogP contribution in [0.25, 0.3) is 11.3 Å². The highest BCUT2D eigenvalue weighted by Crippen LogP contribution is 2.29. The lowest BCUT2D eigenvalue weighted by Gasteiger charge is -2.11. The van der Waals surface area contributed by atoms with Crippen molar-refractivity contribution in [1.82, 2.24) is 10.4 Å². The number of hydrazone groups is 1. The van der Waals surface area contributed by atoms with Crippen LogP contribution in [-0.4, -0.2) is 36.2 Å². The molecule has 0 atom stereocenters. The number of nitrogens with zero attached hydrogens (tertiary/aromatic N) is 2. The van der Waals surface area contributed by atoms with Crippen LogP contribution in [0.1, 0.15) is 22.8 Å². The van der Waals surface area contributed by atoms with Gasteiger partial charge in [0.2, 0.25) is 0 Å². The van der Waals surface area contributed by atoms with Gasteiger partial charge in [-0.15, -0.1) is 11.3 Å². The van der Waals surface area contributed by atoms with Crippen molar-refractivity contribution in [3.05, 3.63) is 88.3 Å². The van der Waals surface area contributed by atoms with Gasteiger partial charge < -0.3 is 20.5 Å². The summed E-state index contributed by atoms with van der Waals surface area (Å²) in [5.74, 6) is -0.118. The Morgan fingerprint density at radius 3 is 2.53 bits per heavy atom. The fraction of sp³-hybridized carbons (Fsp3) is 0.111. The summed E-state index contributed by atoms with van der Waals surface area (Å²) >= 11 is 7.41. The number of ether oxygens (including phenoxy) is 2. The molecular weight excluding hydrogens is 526 g/mol. The van der Waals surface area contributed by atoms with Crippen molar-refractivity contribution in [3.63, 3.8) is 0 Å². The van der Waals surface area contributed by atoms with E-state index in [2.05, 4.69) is 20.8 Å². The van der Waals surface area contributed by atoms with E-state index < -0.39 is 5.91 Å². The molecule has 0 saturated carbocycles. The van der Waals surface area contributed by atoms with E-state index in [1.165, 1.54) is 17.6 Å². The molecule has 0 fully saturated rings. The van der Waals surface area contributed by atoms with E-state index >= 15 is 0 Å². The van der Waals surface area contributed by atoms with Crippen LogP contribution in [0.4, 0.5) is 10.8 Å². The van der Waals surface area contributed by atoms with Gasteiger partial charge >= 0.3 is 0 Å². The van der Waals surface area contributed by atoms with Crippen LogP contribution < -0.4 is 25.9 Å². The third-order valence-electron chi connectivity index (χ3n) is 5.06. The fourth-order valence-electron chi connectivity index (χ4n) is 3.28. The first-order valence-corrected chi connectivity index (χ1v) is 12.8. The molecule has 1 heterocycles. The number of benzene rings is 3. The van der Waals surface area contributed by atoms with Gasteiger partial charge in [-0.2, -0.15) is 5.10 Å². The molecule has 0 aliphatic carbocycles. The van der Waals surface area contributed by atoms with Gasteiger partial charge in [0.15, 0.2) is 23.2 Å². The molecule has 9 nitrogen and oxygen atoms in total. The van der Waals surface area contributed by atoms with Gasteiger partial charge in [0, 0.05) is 27.2 Å². The van der Waals surface area contributed by atoms with E-state index in [9.17, 15) is 9.59 Å². The molecule has 38 heavy (non-hydrogen) atoms. The second-order valence-corrected chi connectivity index (χ2v) is 9.13. The summed E-state index contributed by atoms with van der Waals surface area (Å²) in [5, 5.41) is 10.6. The van der Waals surface area contributed by atoms with Gasteiger partial charge in [0.05, 0.1) is 18.5 Å². The van der Waals surface area contributed by atoms with Crippen LogP contribution in [0, 0.1) is 0 Å². The minimum atomic E-state index is -0.587. The SMILES string of the molecule is CCOc1cc(/C=N\NC(=O)c2ccc(-c3csc(Nc4ccc(Cl)cc4)n3)cc2)ccc1OCC(N)=O. The highest BCUT2D eigenvalue weighted by Gasteiger charge is 2.10. The van der Waals surface area contributed by atoms with Crippen LogP contribution in [0.3, 0.4) is 0 Å². The van der Waals surface area contributed by atoms with Crippen molar-refractivity contribution < 1.29 is 19.1 Å². The van der Waals surface area contributed by atoms with Crippen LogP contribution in [-0.2, 0) is 4.79 Å². The van der Waals surface area contributed by atoms with Gasteiger partial charge in [-0.25, -0.2) is 10.4 Å². The minimum Gasteiger partial charge on any atom is -0.490 e. The number of amides is 2. The third kappa shape index (κ3) is 7.31. The van der Waals surface area contributed by atoms with Crippen molar-refractivity contribution in [2.45, 2.75) is 6.92 Å². The Bertz CT molecular complexity index is 1440. The Balaban J connectivity index is 1.35. The molecule has 0 saturated heterocycles. The Labute approximate surface area is 228 Å². The van der Waals surface area contributed by atoms with E-state index in [-0.39, 0.29) is 12.5 Å². The lowest BCUT2D eigenvalue weighted by Crippen LogP contribution is -2.20. The molecule has 3 aromatic carbocycles. The quantitative estimate of drug-likeness (QED) is 0.173. The molecule has 4 N–H and O–H groups in total. The fourth-order valence-corrected chi connectivity index (χ4v) is 4.15. The molecule has 2 amide bonds. The Morgan fingerprint density at radius 2 is 1.82 bits per heavy atom. The molecular formula is C27H24ClN5O4S. The molecule has 4 aromatic rings. The first-order chi connectivity index (χ1) is 18.4. The van der Waals surface area contributed by atoms with Gasteiger partial charge in [-0.1, -0.05) is 23.7 Å². The molecule has 0 spiro atoms. The Kier molecular flexibility index (Phi) is 8.91. The predicted molar refractivity (Wildman–Crippen MR) is 150 cm³/mol. The standard InChI is InChI=1S/C27H24ClN5O4S/c1-2-36-24-13-17(3-12-23(24)37-15-25(29)34)14-30-33-26(35)19-6-4-18(5-7-19)22-16-38-27(32-22)31-21-10-8-20(28)9-11-21/h3-14,16H,2,15H2,1H3,(H2,29,34)(H,31,32)(H,33,35)/b30-14-. The summed E-state index contributed by atoms with van der Waals surface area (Å²) in [6.45, 7) is 1.98. The monoisotopic (exact) mass is 549 g/mol. The highest BCUT2D eigenvalue weighted by atomic mass is 35.5. The van der Waals surface area contributed by atoms with Crippen molar-refractivity contribution in [2.24, 2.45) is 10.8 Å². The van der Waals surface area contributed by atoms with Crippen LogP contribution >= 0.6 is 22.9 Å². The second-order valence-electron chi connectivity index (χ2n) is 7.84. The minimum absolute atomic E-state index is 0.258. The predicted octanol–water partition coefficient (Wildman–Crippen LogP) is 5.23. The van der Waals surface area contributed by atoms with Gasteiger partial charge in [-0.05, 0) is 67.1 Å². The number of anilines is 2. The van der Waals surface area contributed by atoms with Crippen molar-refractivity contribution in [1.29, 1.82) is 0 Å². The zero-order chi connectivity index (χ0) is 26.9. The number of nitrogens with two attached hydrogens (primary N) is 1. The smallest absolute Gasteiger partial charge is 0.271 e. The molecule has 194 valence electrons. The van der Waals surface area contributed by atoms with E-state index in [1.54, 1.807) is 30.3 Å². The Hall–Kier alpha value is -4.41. The zero-order valence-corrected chi connectivity index (χ0v) is 21.9. The number of hydrogen-bond donors (Lipinski definition) is 3. The molecule has 0 bridgehead atoms. The molecule has 0 unspecified atom stereocenters. The first-order valence-electron chi connectivity index (χ1n) is 11.5. The van der Waals surface area contributed by atoms with Crippen LogP contribution in [0.2, 0.25) is 5.02 Å². The molecule has 0 radical (unpaired) electrons. The van der Waals surface area contributed by atoms with Crippen molar-refractivity contribution >= 4 is 51.8 Å². The highest BCUT2D eigenvalue weighted by molar-refractivity contribution is 7.14. The number of thiazole rings is 1. The van der Waals surface area contributed by atoms with Crippen molar-refractivity contribution in [3.8, 4) is 22.8 Å². The number of carbonyl (C=O) groups is 2. The molecule has 0 aliphatic rings. The lowest BCUT2D eigenvalue weighted by atomic mass is 10.1. The summed E-state index contributed by atoms with van der Waals surface area (Å²) in [7, 11) is 0. The summed E-state index contributed by atoms with van der Waals surface area (Å²) in [4.78, 5) is 28.1. The zero-order valence-electron chi connectivity index (χ0n) is 20.3. The number of halogens is 1. The average molecular weight is 550 g/mol. The summed E-state index contributed by atoms with van der Waals surface area (Å²) in [6.07, 6.45) is 1.48. The second kappa shape index (κ2) is 12.7. The summed E-state index contributed by atoms with van der Waals surface area (Å²) < 4.78 is 10.9. The number of aromatic nitrogens is 1. The summed E-state index contributed by atoms with van der Waals surface area (Å²) in [5.41, 5.74) is 11.3. The molecule has 1 aromatic heterocycles. The number of nitrogens with one attached hydrogen (secondary N) is 2. The van der Waals surface area contributed by atoms with Crippen LogP contribution in [0.15, 0.2) is 77.2 Å².